The Kier molecular flexibility index (Phi) is 6.03. The lowest BCUT2D eigenvalue weighted by Crippen LogP contribution is -2.42. The van der Waals surface area contributed by atoms with Gasteiger partial charge in [0.05, 0.1) is 11.4 Å². The predicted molar refractivity (Wildman–Crippen MR) is 122 cm³/mol. The molecule has 2 aliphatic rings. The average molecular weight is 424 g/mol. The molecule has 0 bridgehead atoms. The van der Waals surface area contributed by atoms with E-state index in [1.54, 1.807) is 12.3 Å². The van der Waals surface area contributed by atoms with E-state index >= 15 is 0 Å². The van der Waals surface area contributed by atoms with E-state index in [0.717, 1.165) is 32.4 Å². The number of aromatic nitrogens is 2. The van der Waals surface area contributed by atoms with Crippen LogP contribution in [0.1, 0.15) is 43.0 Å². The van der Waals surface area contributed by atoms with E-state index in [9.17, 15) is 9.59 Å². The number of amides is 2. The summed E-state index contributed by atoms with van der Waals surface area (Å²) in [6.07, 6.45) is 4.91. The van der Waals surface area contributed by atoms with Crippen molar-refractivity contribution in [3.8, 4) is 0 Å². The highest BCUT2D eigenvalue weighted by Gasteiger charge is 2.26. The lowest BCUT2D eigenvalue weighted by Gasteiger charge is -2.35. The highest BCUT2D eigenvalue weighted by Crippen LogP contribution is 2.33. The Morgan fingerprint density at radius 3 is 2.77 bits per heavy atom. The third-order valence-electron chi connectivity index (χ3n) is 5.85. The third kappa shape index (κ3) is 4.61. The molecule has 31 heavy (non-hydrogen) atoms. The Bertz CT molecular complexity index is 986. The number of benzene rings is 1. The maximum atomic E-state index is 12.8. The van der Waals surface area contributed by atoms with Crippen LogP contribution >= 0.6 is 0 Å². The van der Waals surface area contributed by atoms with Gasteiger partial charge in [-0.2, -0.15) is 4.98 Å². The number of piperidine rings is 1. The van der Waals surface area contributed by atoms with Crippen LogP contribution in [0, 0.1) is 0 Å². The van der Waals surface area contributed by atoms with Gasteiger partial charge < -0.3 is 25.8 Å². The highest BCUT2D eigenvalue weighted by molar-refractivity contribution is 6.11. The molecule has 0 aliphatic carbocycles. The SMILES string of the molecule is CCCC(=O)Nc1ccc2c(c1)NC(=O)c1cnc(N(C)C3CCN(C)CC3)nc1N2. The smallest absolute Gasteiger partial charge is 0.261 e. The van der Waals surface area contributed by atoms with Crippen molar-refractivity contribution in [3.63, 3.8) is 0 Å². The predicted octanol–water partition coefficient (Wildman–Crippen LogP) is 3.05. The molecule has 0 unspecified atom stereocenters. The second-order valence-electron chi connectivity index (χ2n) is 8.22. The first-order chi connectivity index (χ1) is 14.9. The van der Waals surface area contributed by atoms with Crippen LogP contribution < -0.4 is 20.9 Å². The van der Waals surface area contributed by atoms with Gasteiger partial charge in [0.15, 0.2) is 0 Å². The van der Waals surface area contributed by atoms with Gasteiger partial charge in [-0.1, -0.05) is 6.92 Å². The van der Waals surface area contributed by atoms with Crippen molar-refractivity contribution < 1.29 is 9.59 Å². The average Bonchev–Trinajstić information content (AvgIpc) is 2.89. The van der Waals surface area contributed by atoms with Gasteiger partial charge in [0.1, 0.15) is 11.4 Å². The molecule has 4 rings (SSSR count). The molecule has 3 heterocycles. The summed E-state index contributed by atoms with van der Waals surface area (Å²) in [5.74, 6) is 0.738. The lowest BCUT2D eigenvalue weighted by atomic mass is 10.0. The summed E-state index contributed by atoms with van der Waals surface area (Å²) in [5.41, 5.74) is 2.32. The van der Waals surface area contributed by atoms with Crippen molar-refractivity contribution in [2.45, 2.75) is 38.6 Å². The number of anilines is 5. The fourth-order valence-corrected chi connectivity index (χ4v) is 3.95. The molecule has 1 saturated heterocycles. The number of nitrogens with one attached hydrogen (secondary N) is 3. The second-order valence-corrected chi connectivity index (χ2v) is 8.22. The molecule has 0 radical (unpaired) electrons. The van der Waals surface area contributed by atoms with Crippen molar-refractivity contribution in [3.05, 3.63) is 30.0 Å². The summed E-state index contributed by atoms with van der Waals surface area (Å²) in [5, 5.41) is 9.01. The van der Waals surface area contributed by atoms with Crippen molar-refractivity contribution >= 4 is 40.6 Å². The Hall–Kier alpha value is -3.20. The first-order valence-corrected chi connectivity index (χ1v) is 10.7. The quantitative estimate of drug-likeness (QED) is 0.679. The first kappa shape index (κ1) is 21.0. The summed E-state index contributed by atoms with van der Waals surface area (Å²) >= 11 is 0. The number of carbonyl (C=O) groups excluding carboxylic acids is 2. The van der Waals surface area contributed by atoms with Gasteiger partial charge in [0, 0.05) is 31.4 Å². The summed E-state index contributed by atoms with van der Waals surface area (Å²) in [7, 11) is 4.14. The molecule has 1 fully saturated rings. The van der Waals surface area contributed by atoms with E-state index in [0.29, 0.717) is 46.9 Å². The minimum absolute atomic E-state index is 0.0499. The molecule has 2 aliphatic heterocycles. The van der Waals surface area contributed by atoms with E-state index in [1.807, 2.05) is 26.1 Å². The molecular weight excluding hydrogens is 394 g/mol. The maximum Gasteiger partial charge on any atom is 0.261 e. The van der Waals surface area contributed by atoms with Crippen LogP contribution in [-0.4, -0.2) is 59.9 Å². The van der Waals surface area contributed by atoms with Crippen LogP contribution in [0.5, 0.6) is 0 Å². The number of fused-ring (bicyclic) bond motifs is 2. The fraction of sp³-hybridized carbons (Fsp3) is 0.455. The van der Waals surface area contributed by atoms with Gasteiger partial charge in [-0.25, -0.2) is 4.98 Å². The molecule has 164 valence electrons. The van der Waals surface area contributed by atoms with E-state index < -0.39 is 0 Å². The first-order valence-electron chi connectivity index (χ1n) is 10.7. The standard InChI is InChI=1S/C22H29N7O2/c1-4-5-19(30)24-14-6-7-17-18(12-14)26-21(31)16-13-23-22(27-20(16)25-17)29(3)15-8-10-28(2)11-9-15/h6-7,12-13,15H,4-5,8-11H2,1-3H3,(H,24,30)(H,26,31)(H,23,25,27). The van der Waals surface area contributed by atoms with Gasteiger partial charge in [0.2, 0.25) is 11.9 Å². The van der Waals surface area contributed by atoms with Gasteiger partial charge in [-0.05, 0) is 57.6 Å². The number of nitrogens with zero attached hydrogens (tertiary/aromatic N) is 4. The molecule has 0 saturated carbocycles. The summed E-state index contributed by atoms with van der Waals surface area (Å²) in [4.78, 5) is 38.2. The lowest BCUT2D eigenvalue weighted by molar-refractivity contribution is -0.116. The van der Waals surface area contributed by atoms with E-state index in [2.05, 4.69) is 42.8 Å². The van der Waals surface area contributed by atoms with Crippen molar-refractivity contribution in [1.29, 1.82) is 0 Å². The minimum atomic E-state index is -0.285. The monoisotopic (exact) mass is 423 g/mol. The Balaban J connectivity index is 1.56. The number of hydrogen-bond acceptors (Lipinski definition) is 7. The van der Waals surface area contributed by atoms with Gasteiger partial charge >= 0.3 is 0 Å². The second kappa shape index (κ2) is 8.89. The maximum absolute atomic E-state index is 12.8. The van der Waals surface area contributed by atoms with Gasteiger partial charge in [-0.3, -0.25) is 9.59 Å². The summed E-state index contributed by atoms with van der Waals surface area (Å²) in [6, 6.07) is 5.76. The van der Waals surface area contributed by atoms with Crippen molar-refractivity contribution in [2.24, 2.45) is 0 Å². The number of carbonyl (C=O) groups is 2. The molecule has 2 aromatic rings. The largest absolute Gasteiger partial charge is 0.341 e. The van der Waals surface area contributed by atoms with Crippen molar-refractivity contribution in [1.82, 2.24) is 14.9 Å². The molecular formula is C22H29N7O2. The van der Waals surface area contributed by atoms with Crippen LogP contribution in [0.4, 0.5) is 28.8 Å². The third-order valence-corrected chi connectivity index (χ3v) is 5.85. The van der Waals surface area contributed by atoms with Crippen LogP contribution in [0.2, 0.25) is 0 Å². The molecule has 2 amide bonds. The van der Waals surface area contributed by atoms with Gasteiger partial charge in [0.25, 0.3) is 5.91 Å². The van der Waals surface area contributed by atoms with Crippen LogP contribution in [0.25, 0.3) is 0 Å². The fourth-order valence-electron chi connectivity index (χ4n) is 3.95. The zero-order valence-corrected chi connectivity index (χ0v) is 18.2. The van der Waals surface area contributed by atoms with E-state index in [1.165, 1.54) is 0 Å². The van der Waals surface area contributed by atoms with Gasteiger partial charge in [-0.15, -0.1) is 0 Å². The van der Waals surface area contributed by atoms with Crippen LogP contribution in [0.3, 0.4) is 0 Å². The highest BCUT2D eigenvalue weighted by atomic mass is 16.2. The molecule has 3 N–H and O–H groups in total. The topological polar surface area (TPSA) is 102 Å². The number of hydrogen-bond donors (Lipinski definition) is 3. The van der Waals surface area contributed by atoms with Crippen molar-refractivity contribution in [2.75, 3.05) is 48.0 Å². The van der Waals surface area contributed by atoms with E-state index in [4.69, 9.17) is 0 Å². The van der Waals surface area contributed by atoms with E-state index in [-0.39, 0.29) is 11.8 Å². The minimum Gasteiger partial charge on any atom is -0.341 e. The molecule has 0 atom stereocenters. The Morgan fingerprint density at radius 2 is 2.03 bits per heavy atom. The van der Waals surface area contributed by atoms with Crippen LogP contribution in [0.15, 0.2) is 24.4 Å². The Morgan fingerprint density at radius 1 is 1.26 bits per heavy atom. The zero-order valence-electron chi connectivity index (χ0n) is 18.2. The Labute approximate surface area is 182 Å². The van der Waals surface area contributed by atoms with Crippen LogP contribution in [-0.2, 0) is 4.79 Å². The normalized spacial score (nSPS) is 16.4. The molecule has 1 aromatic heterocycles. The summed E-state index contributed by atoms with van der Waals surface area (Å²) < 4.78 is 0. The number of likely N-dealkylation sites (tertiary alicyclic amines) is 1. The molecule has 1 aromatic carbocycles. The molecule has 0 spiro atoms. The molecule has 9 heteroatoms. The summed E-state index contributed by atoms with van der Waals surface area (Å²) in [6.45, 7) is 4.05. The number of rotatable bonds is 5. The zero-order chi connectivity index (χ0) is 22.0. The molecule has 9 nitrogen and oxygen atoms in total.